The van der Waals surface area contributed by atoms with Crippen molar-refractivity contribution < 1.29 is 19.1 Å². The predicted molar refractivity (Wildman–Crippen MR) is 204 cm³/mol. The van der Waals surface area contributed by atoms with E-state index in [1.165, 1.54) is 25.7 Å². The van der Waals surface area contributed by atoms with Crippen LogP contribution in [-0.2, 0) is 21.4 Å². The van der Waals surface area contributed by atoms with E-state index in [-0.39, 0.29) is 36.5 Å². The summed E-state index contributed by atoms with van der Waals surface area (Å²) in [7, 11) is 0. The number of hydrogen-bond acceptors (Lipinski definition) is 7. The van der Waals surface area contributed by atoms with E-state index in [1.807, 2.05) is 60.7 Å². The molecule has 3 amide bonds. The molecular weight excluding hydrogens is 670 g/mol. The van der Waals surface area contributed by atoms with Crippen LogP contribution in [0.15, 0.2) is 85.2 Å². The van der Waals surface area contributed by atoms with Gasteiger partial charge in [-0.2, -0.15) is 5.21 Å². The SMILES string of the molecule is CCCCCCCOc1ccc(-c2cnc(-c3ccc(C[C@H](NC(=O)c4ccc(C(C)(C)C)cc4)C(=O)NCC(=O)NC4Nn5[nH]n54)cc3)nc2)cc1. The molecule has 13 heteroatoms. The van der Waals surface area contributed by atoms with Crippen LogP contribution in [-0.4, -0.2) is 61.8 Å². The van der Waals surface area contributed by atoms with Crippen molar-refractivity contribution in [3.63, 3.8) is 0 Å². The van der Waals surface area contributed by atoms with Crippen molar-refractivity contribution in [3.05, 3.63) is 102 Å². The summed E-state index contributed by atoms with van der Waals surface area (Å²) < 4.78 is 5.90. The van der Waals surface area contributed by atoms with Gasteiger partial charge in [0.1, 0.15) is 11.8 Å². The molecule has 6 rings (SSSR count). The molecule has 0 saturated heterocycles. The zero-order valence-corrected chi connectivity index (χ0v) is 30.8. The Morgan fingerprint density at radius 1 is 0.849 bits per heavy atom. The number of benzene rings is 3. The Labute approximate surface area is 309 Å². The monoisotopic (exact) mass is 719 g/mol. The van der Waals surface area contributed by atoms with Crippen LogP contribution in [0.3, 0.4) is 0 Å². The Balaban J connectivity index is 1.07. The van der Waals surface area contributed by atoms with Crippen LogP contribution < -0.4 is 26.1 Å². The average Bonchev–Trinajstić information content (AvgIpc) is 3.84. The van der Waals surface area contributed by atoms with E-state index in [4.69, 9.17) is 4.74 Å². The second-order valence-electron chi connectivity index (χ2n) is 14.4. The van der Waals surface area contributed by atoms with Gasteiger partial charge < -0.3 is 20.7 Å². The van der Waals surface area contributed by atoms with E-state index in [1.54, 1.807) is 34.2 Å². The normalized spacial score (nSPS) is 14.0. The Kier molecular flexibility index (Phi) is 11.6. The molecule has 1 aliphatic rings. The van der Waals surface area contributed by atoms with E-state index in [9.17, 15) is 14.4 Å². The maximum atomic E-state index is 13.4. The third-order valence-corrected chi connectivity index (χ3v) is 9.23. The largest absolute Gasteiger partial charge is 0.494 e. The molecule has 2 aromatic heterocycles. The number of amides is 3. The molecule has 5 N–H and O–H groups in total. The number of carbonyl (C=O) groups excluding carboxylic acids is 3. The molecule has 3 aromatic carbocycles. The molecule has 2 atom stereocenters. The van der Waals surface area contributed by atoms with E-state index in [2.05, 4.69) is 64.3 Å². The number of ether oxygens (including phenoxy) is 1. The van der Waals surface area contributed by atoms with Gasteiger partial charge in [0, 0.05) is 35.5 Å². The van der Waals surface area contributed by atoms with Crippen LogP contribution in [0.1, 0.15) is 87.6 Å². The van der Waals surface area contributed by atoms with Gasteiger partial charge in [-0.15, -0.1) is 4.80 Å². The Hall–Kier alpha value is -5.85. The third kappa shape index (κ3) is 9.94. The first kappa shape index (κ1) is 36.9. The molecule has 1 aliphatic heterocycles. The number of H-pyrrole nitrogens is 1. The van der Waals surface area contributed by atoms with Gasteiger partial charge in [0.2, 0.25) is 18.1 Å². The van der Waals surface area contributed by atoms with E-state index in [0.29, 0.717) is 11.4 Å². The number of aromatic amines is 1. The highest BCUT2D eigenvalue weighted by Crippen LogP contribution is 2.25. The van der Waals surface area contributed by atoms with E-state index >= 15 is 0 Å². The maximum Gasteiger partial charge on any atom is 0.251 e. The molecule has 5 aromatic rings. The second-order valence-corrected chi connectivity index (χ2v) is 14.4. The number of unbranched alkanes of at least 4 members (excludes halogenated alkanes) is 4. The van der Waals surface area contributed by atoms with Crippen molar-refractivity contribution >= 4 is 17.7 Å². The summed E-state index contributed by atoms with van der Waals surface area (Å²) in [6, 6.07) is 22.0. The van der Waals surface area contributed by atoms with Crippen molar-refractivity contribution in [2.75, 3.05) is 18.6 Å². The summed E-state index contributed by atoms with van der Waals surface area (Å²) in [5, 5.41) is 11.1. The molecule has 0 fully saturated rings. The highest BCUT2D eigenvalue weighted by Gasteiger charge is 2.32. The minimum absolute atomic E-state index is 0.0637. The fourth-order valence-electron chi connectivity index (χ4n) is 5.91. The molecule has 1 unspecified atom stereocenters. The van der Waals surface area contributed by atoms with Gasteiger partial charge in [-0.1, -0.05) is 107 Å². The topological polar surface area (TPSA) is 160 Å². The van der Waals surface area contributed by atoms with E-state index < -0.39 is 11.9 Å². The lowest BCUT2D eigenvalue weighted by atomic mass is 9.86. The van der Waals surface area contributed by atoms with Crippen LogP contribution in [0.4, 0.5) is 0 Å². The van der Waals surface area contributed by atoms with Crippen molar-refractivity contribution in [3.8, 4) is 28.3 Å². The summed E-state index contributed by atoms with van der Waals surface area (Å²) in [4.78, 5) is 51.7. The van der Waals surface area contributed by atoms with Crippen molar-refractivity contribution in [1.29, 1.82) is 0 Å². The molecule has 13 nitrogen and oxygen atoms in total. The van der Waals surface area contributed by atoms with Gasteiger partial charge in [0.25, 0.3) is 5.91 Å². The lowest BCUT2D eigenvalue weighted by molar-refractivity contribution is -0.127. The first-order valence-corrected chi connectivity index (χ1v) is 18.3. The first-order chi connectivity index (χ1) is 25.6. The minimum Gasteiger partial charge on any atom is -0.494 e. The van der Waals surface area contributed by atoms with Crippen molar-refractivity contribution in [2.45, 2.75) is 84.0 Å². The van der Waals surface area contributed by atoms with Crippen LogP contribution >= 0.6 is 0 Å². The van der Waals surface area contributed by atoms with Crippen LogP contribution in [0.25, 0.3) is 22.5 Å². The summed E-state index contributed by atoms with van der Waals surface area (Å²) in [6.07, 6.45) is 9.44. The van der Waals surface area contributed by atoms with Gasteiger partial charge in [-0.25, -0.2) is 15.4 Å². The maximum absolute atomic E-state index is 13.4. The Morgan fingerprint density at radius 2 is 1.53 bits per heavy atom. The number of hydrogen-bond donors (Lipinski definition) is 5. The molecular formula is C40H49N9O4. The molecule has 0 saturated carbocycles. The molecule has 0 bridgehead atoms. The number of nitrogens with one attached hydrogen (secondary N) is 5. The fourth-order valence-corrected chi connectivity index (χ4v) is 5.91. The average molecular weight is 720 g/mol. The van der Waals surface area contributed by atoms with Crippen LogP contribution in [0, 0.1) is 0 Å². The van der Waals surface area contributed by atoms with E-state index in [0.717, 1.165) is 46.6 Å². The minimum atomic E-state index is -0.937. The highest BCUT2D eigenvalue weighted by atomic mass is 16.5. The Bertz CT molecular complexity index is 1950. The second kappa shape index (κ2) is 16.7. The molecule has 53 heavy (non-hydrogen) atoms. The van der Waals surface area contributed by atoms with Gasteiger partial charge in [-0.3, -0.25) is 14.4 Å². The van der Waals surface area contributed by atoms with Crippen LogP contribution in [0.5, 0.6) is 5.75 Å². The number of carbonyl (C=O) groups is 3. The fraction of sp³-hybridized carbons (Fsp3) is 0.375. The number of rotatable bonds is 17. The summed E-state index contributed by atoms with van der Waals surface area (Å²) in [5.74, 6) is 0.187. The molecule has 278 valence electrons. The van der Waals surface area contributed by atoms with Gasteiger partial charge >= 0.3 is 0 Å². The quantitative estimate of drug-likeness (QED) is 0.0774. The summed E-state index contributed by atoms with van der Waals surface area (Å²) >= 11 is 0. The summed E-state index contributed by atoms with van der Waals surface area (Å²) in [5.41, 5.74) is 7.92. The smallest absolute Gasteiger partial charge is 0.251 e. The molecule has 0 aliphatic carbocycles. The predicted octanol–water partition coefficient (Wildman–Crippen LogP) is 5.68. The zero-order chi connectivity index (χ0) is 37.4. The van der Waals surface area contributed by atoms with Crippen molar-refractivity contribution in [2.24, 2.45) is 0 Å². The number of aromatic nitrogens is 5. The standard InChI is InChI=1S/C40H49N9O4/c1-5-6-7-8-9-22-53-33-20-16-28(17-21-33)31-24-41-36(42-25-31)29-12-10-27(11-13-29)23-34(38(52)43-26-35(50)45-39-46-49-47-48(39)49)44-37(51)30-14-18-32(19-15-30)40(2,3)4/h10-21,24-25,34,39,46-47H,5-9,22-23,26H2,1-4H3,(H,43,52)(H,44,51)(H,45,50)/t34-,39?,48?,49?/m0/s1. The molecule has 0 spiro atoms. The number of nitrogens with zero attached hydrogens (tertiary/aromatic N) is 4. The van der Waals surface area contributed by atoms with Gasteiger partial charge in [0.15, 0.2) is 5.82 Å². The Morgan fingerprint density at radius 3 is 2.15 bits per heavy atom. The zero-order valence-electron chi connectivity index (χ0n) is 30.8. The molecule has 3 heterocycles. The summed E-state index contributed by atoms with van der Waals surface area (Å²) in [6.45, 7) is 9.00. The third-order valence-electron chi connectivity index (χ3n) is 9.23. The lowest BCUT2D eigenvalue weighted by Crippen LogP contribution is -2.52. The first-order valence-electron chi connectivity index (χ1n) is 18.3. The van der Waals surface area contributed by atoms with Crippen LogP contribution in [0.2, 0.25) is 0 Å². The lowest BCUT2D eigenvalue weighted by Gasteiger charge is -2.22. The van der Waals surface area contributed by atoms with Gasteiger partial charge in [-0.05, 0) is 52.8 Å². The van der Waals surface area contributed by atoms with Crippen molar-refractivity contribution in [1.82, 2.24) is 40.8 Å². The molecule has 0 radical (unpaired) electrons. The number of fused-ring (bicyclic) bond motifs is 1. The highest BCUT2D eigenvalue weighted by molar-refractivity contribution is 5.98. The van der Waals surface area contributed by atoms with Gasteiger partial charge in [0.05, 0.1) is 13.2 Å².